The predicted octanol–water partition coefficient (Wildman–Crippen LogP) is 0.573. The summed E-state index contributed by atoms with van der Waals surface area (Å²) >= 11 is 0. The second-order valence-corrected chi connectivity index (χ2v) is 1.89. The van der Waals surface area contributed by atoms with Crippen LogP contribution in [0.3, 0.4) is 0 Å². The van der Waals surface area contributed by atoms with Crippen molar-refractivity contribution in [1.82, 2.24) is 9.97 Å². The molecule has 54 valence electrons. The molecule has 1 rings (SSSR count). The first-order valence-corrected chi connectivity index (χ1v) is 2.99. The van der Waals surface area contributed by atoms with Crippen molar-refractivity contribution in [3.8, 4) is 6.07 Å². The van der Waals surface area contributed by atoms with Gasteiger partial charge in [0.25, 0.3) is 0 Å². The van der Waals surface area contributed by atoms with E-state index in [1.807, 2.05) is 0 Å². The number of hydrogen-bond acceptors (Lipinski definition) is 4. The van der Waals surface area contributed by atoms with E-state index in [2.05, 4.69) is 9.97 Å². The molecule has 1 heterocycles. The number of ketones is 1. The maximum absolute atomic E-state index is 10.9. The number of rotatable bonds is 2. The van der Waals surface area contributed by atoms with Gasteiger partial charge >= 0.3 is 0 Å². The predicted molar refractivity (Wildman–Crippen MR) is 36.6 cm³/mol. The monoisotopic (exact) mass is 147 g/mol. The lowest BCUT2D eigenvalue weighted by molar-refractivity contribution is 0.0997. The molecule has 0 saturated heterocycles. The second-order valence-electron chi connectivity index (χ2n) is 1.89. The Morgan fingerprint density at radius 2 is 2.18 bits per heavy atom. The summed E-state index contributed by atoms with van der Waals surface area (Å²) in [5.41, 5.74) is 0.383. The van der Waals surface area contributed by atoms with Gasteiger partial charge in [-0.25, -0.2) is 9.97 Å². The molecule has 11 heavy (non-hydrogen) atoms. The fraction of sp³-hybridized carbons (Fsp3) is 0.143. The van der Waals surface area contributed by atoms with Gasteiger partial charge in [-0.3, -0.25) is 4.79 Å². The third kappa shape index (κ3) is 1.83. The van der Waals surface area contributed by atoms with E-state index >= 15 is 0 Å². The first-order valence-electron chi connectivity index (χ1n) is 2.99. The maximum atomic E-state index is 10.9. The van der Waals surface area contributed by atoms with Crippen LogP contribution in [-0.4, -0.2) is 15.8 Å². The van der Waals surface area contributed by atoms with Gasteiger partial charge in [-0.1, -0.05) is 0 Å². The minimum absolute atomic E-state index is 0.118. The molecule has 4 heteroatoms. The van der Waals surface area contributed by atoms with Crippen molar-refractivity contribution in [2.24, 2.45) is 0 Å². The SMILES string of the molecule is N#CCC(=O)c1cncnc1. The van der Waals surface area contributed by atoms with Crippen LogP contribution < -0.4 is 0 Å². The summed E-state index contributed by atoms with van der Waals surface area (Å²) in [7, 11) is 0. The van der Waals surface area contributed by atoms with E-state index in [9.17, 15) is 4.79 Å². The Balaban J connectivity index is 2.79. The number of aromatic nitrogens is 2. The highest BCUT2D eigenvalue weighted by Gasteiger charge is 2.03. The molecule has 0 aliphatic heterocycles. The van der Waals surface area contributed by atoms with Gasteiger partial charge in [-0.2, -0.15) is 5.26 Å². The number of nitriles is 1. The van der Waals surface area contributed by atoms with Crippen LogP contribution >= 0.6 is 0 Å². The van der Waals surface area contributed by atoms with Crippen LogP contribution in [-0.2, 0) is 0 Å². The number of Topliss-reactive ketones (excluding diaryl/α,β-unsaturated/α-hetero) is 1. The smallest absolute Gasteiger partial charge is 0.179 e. The zero-order chi connectivity index (χ0) is 8.10. The molecule has 4 nitrogen and oxygen atoms in total. The quantitative estimate of drug-likeness (QED) is 0.573. The molecule has 0 N–H and O–H groups in total. The number of nitrogens with zero attached hydrogens (tertiary/aromatic N) is 3. The minimum Gasteiger partial charge on any atom is -0.293 e. The molecule has 0 unspecified atom stereocenters. The van der Waals surface area contributed by atoms with Crippen LogP contribution in [0.4, 0.5) is 0 Å². The van der Waals surface area contributed by atoms with Crippen LogP contribution in [0.5, 0.6) is 0 Å². The highest BCUT2D eigenvalue weighted by atomic mass is 16.1. The van der Waals surface area contributed by atoms with Crippen molar-refractivity contribution in [2.75, 3.05) is 0 Å². The van der Waals surface area contributed by atoms with Gasteiger partial charge in [-0.05, 0) is 0 Å². The van der Waals surface area contributed by atoms with Crippen LogP contribution in [0.25, 0.3) is 0 Å². The van der Waals surface area contributed by atoms with E-state index < -0.39 is 0 Å². The van der Waals surface area contributed by atoms with Gasteiger partial charge in [0.15, 0.2) is 5.78 Å². The molecule has 0 fully saturated rings. The Morgan fingerprint density at radius 1 is 1.55 bits per heavy atom. The molecule has 0 radical (unpaired) electrons. The molecule has 0 amide bonds. The van der Waals surface area contributed by atoms with Gasteiger partial charge in [0.05, 0.1) is 18.1 Å². The first-order chi connectivity index (χ1) is 5.34. The first kappa shape index (κ1) is 7.35. The van der Waals surface area contributed by atoms with Gasteiger partial charge in [0, 0.05) is 12.4 Å². The van der Waals surface area contributed by atoms with E-state index in [1.165, 1.54) is 18.7 Å². The van der Waals surface area contributed by atoms with Crippen LogP contribution in [0.15, 0.2) is 18.7 Å². The fourth-order valence-electron chi connectivity index (χ4n) is 0.617. The topological polar surface area (TPSA) is 66.6 Å². The highest BCUT2D eigenvalue weighted by molar-refractivity contribution is 5.96. The average Bonchev–Trinajstić information content (AvgIpc) is 2.07. The number of hydrogen-bond donors (Lipinski definition) is 0. The van der Waals surface area contributed by atoms with Crippen molar-refractivity contribution in [3.05, 3.63) is 24.3 Å². The van der Waals surface area contributed by atoms with Gasteiger partial charge in [-0.15, -0.1) is 0 Å². The Morgan fingerprint density at radius 3 is 2.73 bits per heavy atom. The van der Waals surface area contributed by atoms with E-state index in [0.29, 0.717) is 5.56 Å². The summed E-state index contributed by atoms with van der Waals surface area (Å²) < 4.78 is 0. The third-order valence-electron chi connectivity index (χ3n) is 1.12. The molecule has 0 aliphatic carbocycles. The molecule has 0 atom stereocenters. The van der Waals surface area contributed by atoms with Crippen LogP contribution in [0.1, 0.15) is 16.8 Å². The van der Waals surface area contributed by atoms with E-state index in [1.54, 1.807) is 6.07 Å². The molecule has 0 bridgehead atoms. The summed E-state index contributed by atoms with van der Waals surface area (Å²) in [4.78, 5) is 18.2. The molecular weight excluding hydrogens is 142 g/mol. The molecule has 1 aromatic rings. The minimum atomic E-state index is -0.242. The largest absolute Gasteiger partial charge is 0.293 e. The molecule has 0 spiro atoms. The van der Waals surface area contributed by atoms with Crippen molar-refractivity contribution < 1.29 is 4.79 Å². The van der Waals surface area contributed by atoms with E-state index in [0.717, 1.165) is 0 Å². The number of carbonyl (C=O) groups excluding carboxylic acids is 1. The van der Waals surface area contributed by atoms with Gasteiger partial charge in [0.1, 0.15) is 6.33 Å². The van der Waals surface area contributed by atoms with E-state index in [4.69, 9.17) is 5.26 Å². The van der Waals surface area contributed by atoms with Gasteiger partial charge < -0.3 is 0 Å². The fourth-order valence-corrected chi connectivity index (χ4v) is 0.617. The Hall–Kier alpha value is -1.76. The molecule has 0 aliphatic rings. The molecule has 0 aromatic carbocycles. The van der Waals surface area contributed by atoms with Crippen LogP contribution in [0, 0.1) is 11.3 Å². The zero-order valence-electron chi connectivity index (χ0n) is 5.69. The Kier molecular flexibility index (Phi) is 2.28. The molecule has 0 saturated carbocycles. The highest BCUT2D eigenvalue weighted by Crippen LogP contribution is 1.97. The Labute approximate surface area is 63.5 Å². The van der Waals surface area contributed by atoms with Crippen molar-refractivity contribution in [2.45, 2.75) is 6.42 Å². The summed E-state index contributed by atoms with van der Waals surface area (Å²) in [6.07, 6.45) is 4.01. The lowest BCUT2D eigenvalue weighted by Gasteiger charge is -1.91. The summed E-state index contributed by atoms with van der Waals surface area (Å²) in [5, 5.41) is 8.19. The van der Waals surface area contributed by atoms with Crippen molar-refractivity contribution >= 4 is 5.78 Å². The van der Waals surface area contributed by atoms with Gasteiger partial charge in [0.2, 0.25) is 0 Å². The summed E-state index contributed by atoms with van der Waals surface area (Å²) in [5.74, 6) is -0.242. The van der Waals surface area contributed by atoms with E-state index in [-0.39, 0.29) is 12.2 Å². The zero-order valence-corrected chi connectivity index (χ0v) is 5.69. The summed E-state index contributed by atoms with van der Waals surface area (Å²) in [6.45, 7) is 0. The molecule has 1 aromatic heterocycles. The standard InChI is InChI=1S/C7H5N3O/c8-2-1-7(11)6-3-9-5-10-4-6/h3-5H,1H2. The Bertz CT molecular complexity index is 288. The lowest BCUT2D eigenvalue weighted by atomic mass is 10.2. The lowest BCUT2D eigenvalue weighted by Crippen LogP contribution is -1.98. The maximum Gasteiger partial charge on any atom is 0.179 e. The number of carbonyl (C=O) groups is 1. The van der Waals surface area contributed by atoms with Crippen molar-refractivity contribution in [3.63, 3.8) is 0 Å². The normalized spacial score (nSPS) is 8.64. The van der Waals surface area contributed by atoms with Crippen LogP contribution in [0.2, 0.25) is 0 Å². The summed E-state index contributed by atoms with van der Waals surface area (Å²) in [6, 6.07) is 1.76. The third-order valence-corrected chi connectivity index (χ3v) is 1.12. The molecular formula is C7H5N3O. The average molecular weight is 147 g/mol. The second kappa shape index (κ2) is 3.42. The van der Waals surface area contributed by atoms with Crippen molar-refractivity contribution in [1.29, 1.82) is 5.26 Å².